The van der Waals surface area contributed by atoms with E-state index in [0.29, 0.717) is 30.0 Å². The van der Waals surface area contributed by atoms with Crippen LogP contribution >= 0.6 is 11.6 Å². The number of halogens is 1. The lowest BCUT2D eigenvalue weighted by molar-refractivity contribution is -0.150. The first-order valence-corrected chi connectivity index (χ1v) is 11.2. The van der Waals surface area contributed by atoms with Gasteiger partial charge in [-0.15, -0.1) is 0 Å². The molecule has 3 rings (SSSR count). The van der Waals surface area contributed by atoms with Gasteiger partial charge in [-0.05, 0) is 43.0 Å². The van der Waals surface area contributed by atoms with Gasteiger partial charge in [0.15, 0.2) is 12.4 Å². The highest BCUT2D eigenvalue weighted by Gasteiger charge is 2.48. The molecule has 2 amide bonds. The molecule has 2 aromatic carbocycles. The van der Waals surface area contributed by atoms with Crippen molar-refractivity contribution in [3.63, 3.8) is 0 Å². The molecule has 1 N–H and O–H groups in total. The van der Waals surface area contributed by atoms with Gasteiger partial charge in [-0.3, -0.25) is 14.4 Å². The fourth-order valence-electron chi connectivity index (χ4n) is 4.14. The van der Waals surface area contributed by atoms with Crippen molar-refractivity contribution in [3.05, 3.63) is 70.2 Å². The number of amides is 2. The minimum atomic E-state index is -1.18. The number of nitrogens with zero attached hydrogens (tertiary/aromatic N) is 1. The monoisotopic (exact) mass is 470 g/mol. The summed E-state index contributed by atoms with van der Waals surface area (Å²) in [5.74, 6) is -1.35. The van der Waals surface area contributed by atoms with Gasteiger partial charge in [0.1, 0.15) is 5.54 Å². The average molecular weight is 471 g/mol. The molecule has 0 spiro atoms. The zero-order valence-electron chi connectivity index (χ0n) is 18.7. The number of ketones is 1. The van der Waals surface area contributed by atoms with E-state index in [-0.39, 0.29) is 17.3 Å². The average Bonchev–Trinajstić information content (AvgIpc) is 2.81. The lowest BCUT2D eigenvalue weighted by Crippen LogP contribution is -2.55. The van der Waals surface area contributed by atoms with E-state index in [1.165, 1.54) is 11.8 Å². The van der Waals surface area contributed by atoms with Crippen LogP contribution in [0, 0.1) is 0 Å². The van der Waals surface area contributed by atoms with Gasteiger partial charge in [0, 0.05) is 37.5 Å². The minimum absolute atomic E-state index is 0.0706. The predicted octanol–water partition coefficient (Wildman–Crippen LogP) is 3.63. The van der Waals surface area contributed by atoms with Gasteiger partial charge in [0.25, 0.3) is 5.91 Å². The summed E-state index contributed by atoms with van der Waals surface area (Å²) in [6.07, 6.45) is 2.36. The molecule has 0 saturated heterocycles. The van der Waals surface area contributed by atoms with Crippen molar-refractivity contribution in [2.75, 3.05) is 13.7 Å². The van der Waals surface area contributed by atoms with Gasteiger partial charge in [-0.25, -0.2) is 4.79 Å². The van der Waals surface area contributed by atoms with Crippen molar-refractivity contribution in [2.24, 2.45) is 0 Å². The summed E-state index contributed by atoms with van der Waals surface area (Å²) < 4.78 is 5.24. The second kappa shape index (κ2) is 10.6. The first-order valence-electron chi connectivity index (χ1n) is 10.8. The van der Waals surface area contributed by atoms with Crippen LogP contribution in [0.2, 0.25) is 5.02 Å². The van der Waals surface area contributed by atoms with Gasteiger partial charge in [0.05, 0.1) is 5.56 Å². The second-order valence-electron chi connectivity index (χ2n) is 8.11. The van der Waals surface area contributed by atoms with Crippen molar-refractivity contribution >= 4 is 35.2 Å². The van der Waals surface area contributed by atoms with Crippen LogP contribution in [0.4, 0.5) is 0 Å². The molecule has 1 aliphatic carbocycles. The number of Topliss-reactive ketones (excluding diaryl/α,β-unsaturated/α-hetero) is 1. The van der Waals surface area contributed by atoms with Crippen LogP contribution in [0.5, 0.6) is 0 Å². The molecule has 1 saturated carbocycles. The lowest BCUT2D eigenvalue weighted by Gasteiger charge is -2.43. The smallest absolute Gasteiger partial charge is 0.338 e. The third-order valence-electron chi connectivity index (χ3n) is 5.98. The van der Waals surface area contributed by atoms with E-state index in [4.69, 9.17) is 16.3 Å². The standard InChI is InChI=1S/C25H27ClN2O5/c1-17(29)27-15-18-10-12-19(13-11-18)24(32)33-16-23(31)28(2)25(14-6-5-9-22(25)30)20-7-3-4-8-21(20)26/h3-4,7-8,10-13H,5-6,9,14-16H2,1-2H3,(H,27,29). The van der Waals surface area contributed by atoms with Crippen molar-refractivity contribution in [3.8, 4) is 0 Å². The molecule has 33 heavy (non-hydrogen) atoms. The molecule has 8 heteroatoms. The molecular weight excluding hydrogens is 444 g/mol. The number of likely N-dealkylation sites (N-methyl/N-ethyl adjacent to an activating group) is 1. The highest BCUT2D eigenvalue weighted by atomic mass is 35.5. The van der Waals surface area contributed by atoms with Gasteiger partial charge < -0.3 is 15.0 Å². The maximum atomic E-state index is 13.1. The van der Waals surface area contributed by atoms with Crippen molar-refractivity contribution in [2.45, 2.75) is 44.7 Å². The number of esters is 1. The highest BCUT2D eigenvalue weighted by molar-refractivity contribution is 6.31. The van der Waals surface area contributed by atoms with E-state index >= 15 is 0 Å². The number of ether oxygens (including phenoxy) is 1. The van der Waals surface area contributed by atoms with Crippen molar-refractivity contribution in [1.29, 1.82) is 0 Å². The van der Waals surface area contributed by atoms with Gasteiger partial charge in [0.2, 0.25) is 5.91 Å². The highest BCUT2D eigenvalue weighted by Crippen LogP contribution is 2.42. The van der Waals surface area contributed by atoms with E-state index in [0.717, 1.165) is 18.4 Å². The second-order valence-corrected chi connectivity index (χ2v) is 8.51. The van der Waals surface area contributed by atoms with Gasteiger partial charge >= 0.3 is 5.97 Å². The van der Waals surface area contributed by atoms with Crippen molar-refractivity contribution < 1.29 is 23.9 Å². The minimum Gasteiger partial charge on any atom is -0.452 e. The molecule has 0 aromatic heterocycles. The Morgan fingerprint density at radius 2 is 1.79 bits per heavy atom. The molecule has 174 valence electrons. The molecule has 0 heterocycles. The number of hydrogen-bond acceptors (Lipinski definition) is 5. The fraction of sp³-hybridized carbons (Fsp3) is 0.360. The largest absolute Gasteiger partial charge is 0.452 e. The number of carbonyl (C=O) groups is 4. The molecule has 7 nitrogen and oxygen atoms in total. The normalized spacial score (nSPS) is 17.8. The van der Waals surface area contributed by atoms with Crippen molar-refractivity contribution in [1.82, 2.24) is 10.2 Å². The zero-order chi connectivity index (χ0) is 24.0. The van der Waals surface area contributed by atoms with E-state index in [1.807, 2.05) is 0 Å². The summed E-state index contributed by atoms with van der Waals surface area (Å²) in [6, 6.07) is 13.6. The Balaban J connectivity index is 1.71. The molecule has 1 fully saturated rings. The molecule has 0 aliphatic heterocycles. The SMILES string of the molecule is CC(=O)NCc1ccc(C(=O)OCC(=O)N(C)C2(c3ccccc3Cl)CCCCC2=O)cc1. The molecule has 1 aliphatic rings. The van der Waals surface area contributed by atoms with Crippen LogP contribution in [0.3, 0.4) is 0 Å². The first kappa shape index (κ1) is 24.5. The molecular formula is C25H27ClN2O5. The van der Waals surface area contributed by atoms with Crippen LogP contribution in [0.25, 0.3) is 0 Å². The topological polar surface area (TPSA) is 92.8 Å². The lowest BCUT2D eigenvalue weighted by atomic mass is 9.74. The van der Waals surface area contributed by atoms with Gasteiger partial charge in [-0.2, -0.15) is 0 Å². The third-order valence-corrected chi connectivity index (χ3v) is 6.31. The van der Waals surface area contributed by atoms with E-state index in [2.05, 4.69) is 5.32 Å². The zero-order valence-corrected chi connectivity index (χ0v) is 19.5. The number of nitrogens with one attached hydrogen (secondary N) is 1. The maximum absolute atomic E-state index is 13.1. The summed E-state index contributed by atoms with van der Waals surface area (Å²) in [4.78, 5) is 51.0. The first-order chi connectivity index (χ1) is 15.8. The van der Waals surface area contributed by atoms with E-state index < -0.39 is 24.0 Å². The summed E-state index contributed by atoms with van der Waals surface area (Å²) in [5, 5.41) is 3.10. The number of benzene rings is 2. The van der Waals surface area contributed by atoms with E-state index in [9.17, 15) is 19.2 Å². The molecule has 1 unspecified atom stereocenters. The Labute approximate surface area is 198 Å². The summed E-state index contributed by atoms with van der Waals surface area (Å²) in [7, 11) is 1.56. The van der Waals surface area contributed by atoms with Crippen LogP contribution in [-0.4, -0.2) is 42.1 Å². The Bertz CT molecular complexity index is 1050. The predicted molar refractivity (Wildman–Crippen MR) is 124 cm³/mol. The Kier molecular flexibility index (Phi) is 7.87. The summed E-state index contributed by atoms with van der Waals surface area (Å²) >= 11 is 6.42. The molecule has 0 bridgehead atoms. The van der Waals surface area contributed by atoms with Crippen LogP contribution in [0.1, 0.15) is 54.1 Å². The number of rotatable bonds is 7. The summed E-state index contributed by atoms with van der Waals surface area (Å²) in [5.41, 5.74) is 0.528. The van der Waals surface area contributed by atoms with E-state index in [1.54, 1.807) is 55.6 Å². The van der Waals surface area contributed by atoms with Crippen LogP contribution in [-0.2, 0) is 31.2 Å². The Morgan fingerprint density at radius 3 is 2.42 bits per heavy atom. The van der Waals surface area contributed by atoms with Crippen LogP contribution < -0.4 is 5.32 Å². The van der Waals surface area contributed by atoms with Gasteiger partial charge in [-0.1, -0.05) is 41.9 Å². The quantitative estimate of drug-likeness (QED) is 0.624. The molecule has 1 atom stereocenters. The number of carbonyl (C=O) groups excluding carboxylic acids is 4. The summed E-state index contributed by atoms with van der Waals surface area (Å²) in [6.45, 7) is 1.28. The fourth-order valence-corrected chi connectivity index (χ4v) is 4.43. The Morgan fingerprint density at radius 1 is 1.09 bits per heavy atom. The molecule has 2 aromatic rings. The maximum Gasteiger partial charge on any atom is 0.338 e. The van der Waals surface area contributed by atoms with Crippen LogP contribution in [0.15, 0.2) is 48.5 Å². The molecule has 0 radical (unpaired) electrons. The third kappa shape index (κ3) is 5.42. The number of hydrogen-bond donors (Lipinski definition) is 1. The Hall–Kier alpha value is -3.19.